The molecule has 0 spiro atoms. The Kier molecular flexibility index (Phi) is 8.86. The van der Waals surface area contributed by atoms with E-state index in [-0.39, 0.29) is 47.6 Å². The molecule has 1 aliphatic heterocycles. The lowest BCUT2D eigenvalue weighted by Gasteiger charge is -2.32. The van der Waals surface area contributed by atoms with Gasteiger partial charge in [0.05, 0.1) is 5.39 Å². The van der Waals surface area contributed by atoms with E-state index >= 15 is 0 Å². The fraction of sp³-hybridized carbons (Fsp3) is 0.579. The number of likely N-dealkylation sites (tertiary alicyclic amines) is 1. The maximum absolute atomic E-state index is 12.9. The molecule has 0 aromatic carbocycles. The minimum atomic E-state index is -0.451. The third-order valence-corrected chi connectivity index (χ3v) is 5.41. The van der Waals surface area contributed by atoms with Crippen molar-refractivity contribution in [2.75, 3.05) is 26.2 Å². The Morgan fingerprint density at radius 2 is 1.79 bits per heavy atom. The predicted octanol–water partition coefficient (Wildman–Crippen LogP) is 1.25. The predicted molar refractivity (Wildman–Crippen MR) is 119 cm³/mol. The molecule has 1 aliphatic rings. The van der Waals surface area contributed by atoms with Gasteiger partial charge in [-0.25, -0.2) is 9.78 Å². The highest BCUT2D eigenvalue weighted by atomic mass is 35.5. The number of hydrogen-bond acceptors (Lipinski definition) is 5. The largest absolute Gasteiger partial charge is 0.337 e. The van der Waals surface area contributed by atoms with Gasteiger partial charge in [-0.05, 0) is 50.4 Å². The summed E-state index contributed by atoms with van der Waals surface area (Å²) in [6, 6.07) is 1.65. The highest BCUT2D eigenvalue weighted by molar-refractivity contribution is 5.95. The summed E-state index contributed by atoms with van der Waals surface area (Å²) in [7, 11) is 3.01. The molecule has 8 nitrogen and oxygen atoms in total. The minimum Gasteiger partial charge on any atom is -0.337 e. The van der Waals surface area contributed by atoms with Gasteiger partial charge < -0.3 is 10.2 Å². The fourth-order valence-electron chi connectivity index (χ4n) is 3.69. The average Bonchev–Trinajstić information content (AvgIpc) is 2.68. The molecule has 2 aromatic rings. The van der Waals surface area contributed by atoms with Crippen LogP contribution in [0, 0.1) is 12.8 Å². The summed E-state index contributed by atoms with van der Waals surface area (Å²) in [6.07, 6.45) is 1.93. The Hall–Kier alpha value is -1.90. The molecule has 0 aliphatic carbocycles. The van der Waals surface area contributed by atoms with E-state index in [0.29, 0.717) is 30.0 Å². The number of rotatable bonds is 4. The number of carbonyl (C=O) groups is 1. The monoisotopic (exact) mass is 445 g/mol. The van der Waals surface area contributed by atoms with E-state index in [2.05, 4.69) is 17.2 Å². The zero-order valence-corrected chi connectivity index (χ0v) is 18.9. The van der Waals surface area contributed by atoms with Crippen LogP contribution in [-0.4, -0.2) is 51.1 Å². The molecule has 0 atom stereocenters. The average molecular weight is 446 g/mol. The number of amides is 1. The normalized spacial score (nSPS) is 14.4. The summed E-state index contributed by atoms with van der Waals surface area (Å²) >= 11 is 0. The van der Waals surface area contributed by atoms with E-state index in [4.69, 9.17) is 0 Å². The Labute approximate surface area is 182 Å². The molecule has 29 heavy (non-hydrogen) atoms. The third-order valence-electron chi connectivity index (χ3n) is 5.41. The van der Waals surface area contributed by atoms with Crippen LogP contribution < -0.4 is 16.6 Å². The molecule has 2 aromatic heterocycles. The Morgan fingerprint density at radius 1 is 1.17 bits per heavy atom. The molecule has 1 saturated heterocycles. The van der Waals surface area contributed by atoms with Crippen molar-refractivity contribution in [2.45, 2.75) is 26.7 Å². The van der Waals surface area contributed by atoms with Crippen LogP contribution >= 0.6 is 24.8 Å². The summed E-state index contributed by atoms with van der Waals surface area (Å²) in [4.78, 5) is 43.8. The Bertz CT molecular complexity index is 994. The van der Waals surface area contributed by atoms with Gasteiger partial charge in [0.25, 0.3) is 11.5 Å². The summed E-state index contributed by atoms with van der Waals surface area (Å²) in [6.45, 7) is 7.20. The van der Waals surface area contributed by atoms with Crippen molar-refractivity contribution in [1.82, 2.24) is 24.3 Å². The zero-order valence-electron chi connectivity index (χ0n) is 17.2. The zero-order chi connectivity index (χ0) is 19.7. The number of aryl methyl sites for hydroxylation is 2. The molecular weight excluding hydrogens is 417 g/mol. The van der Waals surface area contributed by atoms with Crippen molar-refractivity contribution in [3.05, 3.63) is 38.2 Å². The van der Waals surface area contributed by atoms with Gasteiger partial charge in [-0.3, -0.25) is 18.7 Å². The van der Waals surface area contributed by atoms with Crippen molar-refractivity contribution in [1.29, 1.82) is 0 Å². The molecule has 0 radical (unpaired) electrons. The second kappa shape index (κ2) is 10.2. The van der Waals surface area contributed by atoms with Crippen molar-refractivity contribution in [2.24, 2.45) is 20.0 Å². The van der Waals surface area contributed by atoms with Crippen molar-refractivity contribution >= 4 is 41.8 Å². The first kappa shape index (κ1) is 25.1. The van der Waals surface area contributed by atoms with E-state index < -0.39 is 5.69 Å². The van der Waals surface area contributed by atoms with E-state index in [1.807, 2.05) is 4.90 Å². The van der Waals surface area contributed by atoms with Crippen LogP contribution in [0.2, 0.25) is 0 Å². The summed E-state index contributed by atoms with van der Waals surface area (Å²) in [5.41, 5.74) is 0.359. The number of piperidine rings is 1. The van der Waals surface area contributed by atoms with E-state index in [0.717, 1.165) is 30.5 Å². The molecule has 0 saturated carbocycles. The second-order valence-corrected chi connectivity index (χ2v) is 7.27. The number of halogens is 2. The van der Waals surface area contributed by atoms with Crippen LogP contribution in [0.15, 0.2) is 15.7 Å². The highest BCUT2D eigenvalue weighted by Gasteiger charge is 2.25. The number of hydrogen-bond donors (Lipinski definition) is 1. The first-order chi connectivity index (χ1) is 12.8. The lowest BCUT2D eigenvalue weighted by atomic mass is 9.96. The van der Waals surface area contributed by atoms with E-state index in [9.17, 15) is 14.4 Å². The van der Waals surface area contributed by atoms with Gasteiger partial charge >= 0.3 is 5.69 Å². The van der Waals surface area contributed by atoms with Gasteiger partial charge in [-0.1, -0.05) is 6.92 Å². The van der Waals surface area contributed by atoms with E-state index in [1.54, 1.807) is 20.0 Å². The lowest BCUT2D eigenvalue weighted by molar-refractivity contribution is 0.0684. The quantitative estimate of drug-likeness (QED) is 0.764. The number of fused-ring (bicyclic) bond motifs is 1. The van der Waals surface area contributed by atoms with Gasteiger partial charge in [-0.2, -0.15) is 0 Å². The van der Waals surface area contributed by atoms with Gasteiger partial charge in [0.15, 0.2) is 0 Å². The van der Waals surface area contributed by atoms with Gasteiger partial charge in [0.2, 0.25) is 0 Å². The first-order valence-electron chi connectivity index (χ1n) is 9.42. The minimum absolute atomic E-state index is 0. The molecule has 1 amide bonds. The number of carbonyl (C=O) groups excluding carboxylic acids is 1. The molecule has 0 unspecified atom stereocenters. The summed E-state index contributed by atoms with van der Waals surface area (Å²) in [5.74, 6) is 0.444. The van der Waals surface area contributed by atoms with Crippen molar-refractivity contribution in [3.8, 4) is 0 Å². The van der Waals surface area contributed by atoms with Gasteiger partial charge in [0, 0.05) is 27.2 Å². The van der Waals surface area contributed by atoms with Crippen molar-refractivity contribution in [3.63, 3.8) is 0 Å². The van der Waals surface area contributed by atoms with Crippen LogP contribution in [0.25, 0.3) is 11.0 Å². The number of nitrogens with one attached hydrogen (secondary N) is 1. The van der Waals surface area contributed by atoms with Crippen LogP contribution in [0.3, 0.4) is 0 Å². The first-order valence-corrected chi connectivity index (χ1v) is 9.42. The third kappa shape index (κ3) is 4.82. The van der Waals surface area contributed by atoms with Gasteiger partial charge in [0.1, 0.15) is 11.3 Å². The lowest BCUT2D eigenvalue weighted by Crippen LogP contribution is -2.41. The molecule has 1 N–H and O–H groups in total. The second-order valence-electron chi connectivity index (χ2n) is 7.27. The molecule has 10 heteroatoms. The standard InChI is InChI=1S/C19H27N5O3.2ClH/c1-5-20-11-13-6-8-24(9-7-13)17(25)14-10-12(2)15-16(21-14)22(3)19(27)23(4)18(15)26;;/h10,13,20H,5-9,11H2,1-4H3;2*1H. The van der Waals surface area contributed by atoms with Crippen LogP contribution in [-0.2, 0) is 14.1 Å². The Morgan fingerprint density at radius 3 is 2.38 bits per heavy atom. The van der Waals surface area contributed by atoms with Gasteiger partial charge in [-0.15, -0.1) is 24.8 Å². The maximum Gasteiger partial charge on any atom is 0.332 e. The van der Waals surface area contributed by atoms with E-state index in [1.165, 1.54) is 11.6 Å². The molecule has 0 bridgehead atoms. The molecule has 3 heterocycles. The molecule has 1 fully saturated rings. The molecular formula is C19H29Cl2N5O3. The topological polar surface area (TPSA) is 89.2 Å². The number of pyridine rings is 1. The molecule has 3 rings (SSSR count). The van der Waals surface area contributed by atoms with Crippen LogP contribution in [0.1, 0.15) is 35.8 Å². The summed E-state index contributed by atoms with van der Waals surface area (Å²) in [5, 5.41) is 3.74. The Balaban J connectivity index is 0.00000210. The number of aromatic nitrogens is 3. The molecule has 162 valence electrons. The van der Waals surface area contributed by atoms with Crippen molar-refractivity contribution < 1.29 is 4.79 Å². The summed E-state index contributed by atoms with van der Waals surface area (Å²) < 4.78 is 2.39. The SMILES string of the molecule is CCNCC1CCN(C(=O)c2cc(C)c3c(=O)n(C)c(=O)n(C)c3n2)CC1.Cl.Cl. The highest BCUT2D eigenvalue weighted by Crippen LogP contribution is 2.20. The van der Waals surface area contributed by atoms with Crippen LogP contribution in [0.5, 0.6) is 0 Å². The number of nitrogens with zero attached hydrogens (tertiary/aromatic N) is 4. The smallest absolute Gasteiger partial charge is 0.332 e. The van der Waals surface area contributed by atoms with Crippen LogP contribution in [0.4, 0.5) is 0 Å². The maximum atomic E-state index is 12.9. The fourth-order valence-corrected chi connectivity index (χ4v) is 3.69.